The number of nitrogens with one attached hydrogen (secondary N) is 1. The molecular formula is C23H32FNO4. The average molecular weight is 406 g/mol. The summed E-state index contributed by atoms with van der Waals surface area (Å²) in [6, 6.07) is 6.13. The van der Waals surface area contributed by atoms with Gasteiger partial charge in [0.1, 0.15) is 17.9 Å². The second-order valence-corrected chi connectivity index (χ2v) is 9.54. The molecule has 5 nitrogen and oxygen atoms in total. The molecule has 0 spiro atoms. The van der Waals surface area contributed by atoms with Gasteiger partial charge in [0.15, 0.2) is 0 Å². The van der Waals surface area contributed by atoms with E-state index in [1.54, 1.807) is 24.3 Å². The van der Waals surface area contributed by atoms with Gasteiger partial charge in [-0.2, -0.15) is 0 Å². The Morgan fingerprint density at radius 3 is 2.17 bits per heavy atom. The number of ether oxygens (including phenoxy) is 2. The standard InChI is InChI=1S/C23H32FNO4/c1-23(2,3)13-20(26)25-19(12-15-4-10-18(11-5-15)28-14-24)22(27)29-21(16-6-7-16)17-8-9-17/h4-5,10-11,16-17,19,21H,6-9,12-14H2,1-3H3,(H,25,26)/t19-/m0/s1. The normalized spacial score (nSPS) is 17.7. The number of halogens is 1. The summed E-state index contributed by atoms with van der Waals surface area (Å²) in [6.07, 6.45) is 5.11. The van der Waals surface area contributed by atoms with Crippen LogP contribution < -0.4 is 10.1 Å². The van der Waals surface area contributed by atoms with Crippen LogP contribution in [-0.2, 0) is 20.7 Å². The monoisotopic (exact) mass is 405 g/mol. The first-order valence-corrected chi connectivity index (χ1v) is 10.5. The zero-order valence-corrected chi connectivity index (χ0v) is 17.6. The lowest BCUT2D eigenvalue weighted by atomic mass is 9.91. The van der Waals surface area contributed by atoms with Crippen LogP contribution in [0.4, 0.5) is 4.39 Å². The van der Waals surface area contributed by atoms with Crippen molar-refractivity contribution < 1.29 is 23.5 Å². The second-order valence-electron chi connectivity index (χ2n) is 9.54. The number of alkyl halides is 1. The Morgan fingerprint density at radius 2 is 1.69 bits per heavy atom. The van der Waals surface area contributed by atoms with Gasteiger partial charge in [-0.1, -0.05) is 32.9 Å². The smallest absolute Gasteiger partial charge is 0.329 e. The Balaban J connectivity index is 1.67. The quantitative estimate of drug-likeness (QED) is 0.593. The third-order valence-corrected chi connectivity index (χ3v) is 5.32. The minimum atomic E-state index is -0.888. The fourth-order valence-electron chi connectivity index (χ4n) is 3.58. The fraction of sp³-hybridized carbons (Fsp3) is 0.652. The first-order valence-electron chi connectivity index (χ1n) is 10.5. The van der Waals surface area contributed by atoms with Crippen molar-refractivity contribution in [1.82, 2.24) is 5.32 Å². The van der Waals surface area contributed by atoms with E-state index >= 15 is 0 Å². The van der Waals surface area contributed by atoms with Crippen molar-refractivity contribution in [2.24, 2.45) is 17.3 Å². The van der Waals surface area contributed by atoms with Crippen LogP contribution in [0, 0.1) is 17.3 Å². The molecule has 0 radical (unpaired) electrons. The van der Waals surface area contributed by atoms with E-state index in [9.17, 15) is 14.0 Å². The Bertz CT molecular complexity index is 693. The van der Waals surface area contributed by atoms with Gasteiger partial charge >= 0.3 is 5.97 Å². The van der Waals surface area contributed by atoms with Gasteiger partial charge in [-0.05, 0) is 60.6 Å². The van der Waals surface area contributed by atoms with E-state index in [0.29, 0.717) is 30.4 Å². The fourth-order valence-corrected chi connectivity index (χ4v) is 3.58. The van der Waals surface area contributed by atoms with Crippen LogP contribution in [0.15, 0.2) is 24.3 Å². The van der Waals surface area contributed by atoms with Crippen LogP contribution in [-0.4, -0.2) is 30.9 Å². The first kappa shape index (κ1) is 21.6. The molecule has 1 aromatic carbocycles. The van der Waals surface area contributed by atoms with E-state index in [-0.39, 0.29) is 23.4 Å². The van der Waals surface area contributed by atoms with Crippen molar-refractivity contribution in [2.75, 3.05) is 6.86 Å². The first-order chi connectivity index (χ1) is 13.7. The third kappa shape index (κ3) is 7.02. The van der Waals surface area contributed by atoms with Gasteiger partial charge in [-0.25, -0.2) is 9.18 Å². The Morgan fingerprint density at radius 1 is 1.10 bits per heavy atom. The lowest BCUT2D eigenvalue weighted by Crippen LogP contribution is -2.45. The highest BCUT2D eigenvalue weighted by molar-refractivity contribution is 5.85. The maximum atomic E-state index is 13.0. The SMILES string of the molecule is CC(C)(C)CC(=O)N[C@@H](Cc1ccc(OCF)cc1)C(=O)OC(C1CC1)C1CC1. The summed E-state index contributed by atoms with van der Waals surface area (Å²) in [7, 11) is 0. The summed E-state index contributed by atoms with van der Waals surface area (Å²) in [5, 5.41) is 2.88. The molecule has 2 aliphatic carbocycles. The van der Waals surface area contributed by atoms with E-state index in [4.69, 9.17) is 9.47 Å². The Hall–Kier alpha value is -2.11. The Labute approximate surface area is 172 Å². The molecule has 1 aromatic rings. The molecular weight excluding hydrogens is 373 g/mol. The number of esters is 1. The number of carbonyl (C=O) groups excluding carboxylic acids is 2. The van der Waals surface area contributed by atoms with Crippen molar-refractivity contribution in [3.63, 3.8) is 0 Å². The minimum absolute atomic E-state index is 0.00940. The molecule has 0 aromatic heterocycles. The second kappa shape index (κ2) is 9.14. The summed E-state index contributed by atoms with van der Waals surface area (Å²) in [6.45, 7) is 5.07. The molecule has 2 aliphatic rings. The van der Waals surface area contributed by atoms with E-state index in [2.05, 4.69) is 5.32 Å². The van der Waals surface area contributed by atoms with E-state index < -0.39 is 12.9 Å². The highest BCUT2D eigenvalue weighted by Crippen LogP contribution is 2.46. The van der Waals surface area contributed by atoms with Crippen LogP contribution in [0.1, 0.15) is 58.4 Å². The van der Waals surface area contributed by atoms with Crippen LogP contribution in [0.2, 0.25) is 0 Å². The molecule has 6 heteroatoms. The molecule has 0 aliphatic heterocycles. The summed E-state index contributed by atoms with van der Waals surface area (Å²) < 4.78 is 23.0. The van der Waals surface area contributed by atoms with Gasteiger partial charge in [-0.15, -0.1) is 0 Å². The zero-order valence-electron chi connectivity index (χ0n) is 17.6. The Kier molecular flexibility index (Phi) is 6.81. The van der Waals surface area contributed by atoms with Gasteiger partial charge in [-0.3, -0.25) is 4.79 Å². The predicted octanol–water partition coefficient (Wildman–Crippen LogP) is 4.19. The summed E-state index contributed by atoms with van der Waals surface area (Å²) in [4.78, 5) is 25.5. The molecule has 0 bridgehead atoms. The van der Waals surface area contributed by atoms with Crippen LogP contribution >= 0.6 is 0 Å². The number of carbonyl (C=O) groups is 2. The molecule has 2 fully saturated rings. The van der Waals surface area contributed by atoms with Gasteiger partial charge < -0.3 is 14.8 Å². The van der Waals surface area contributed by atoms with Crippen LogP contribution in [0.5, 0.6) is 5.75 Å². The lowest BCUT2D eigenvalue weighted by molar-refractivity contribution is -0.155. The average Bonchev–Trinajstić information content (AvgIpc) is 3.53. The maximum absolute atomic E-state index is 13.0. The molecule has 1 N–H and O–H groups in total. The number of benzene rings is 1. The molecule has 0 unspecified atom stereocenters. The number of rotatable bonds is 10. The minimum Gasteiger partial charge on any atom is -0.463 e. The maximum Gasteiger partial charge on any atom is 0.329 e. The van der Waals surface area contributed by atoms with E-state index in [1.807, 2.05) is 20.8 Å². The molecule has 0 heterocycles. The van der Waals surface area contributed by atoms with Crippen molar-refractivity contribution >= 4 is 11.9 Å². The highest BCUT2D eigenvalue weighted by Gasteiger charge is 2.44. The lowest BCUT2D eigenvalue weighted by Gasteiger charge is -2.24. The van der Waals surface area contributed by atoms with Gasteiger partial charge in [0.05, 0.1) is 0 Å². The molecule has 160 valence electrons. The number of hydrogen-bond donors (Lipinski definition) is 1. The summed E-state index contributed by atoms with van der Waals surface area (Å²) >= 11 is 0. The largest absolute Gasteiger partial charge is 0.463 e. The van der Waals surface area contributed by atoms with Crippen molar-refractivity contribution in [3.05, 3.63) is 29.8 Å². The molecule has 2 saturated carbocycles. The number of hydrogen-bond acceptors (Lipinski definition) is 4. The topological polar surface area (TPSA) is 64.6 Å². The van der Waals surface area contributed by atoms with Crippen molar-refractivity contribution in [2.45, 2.75) is 71.4 Å². The van der Waals surface area contributed by atoms with Gasteiger partial charge in [0.25, 0.3) is 0 Å². The summed E-state index contributed by atoms with van der Waals surface area (Å²) in [5.41, 5.74) is 0.678. The number of amides is 1. The molecule has 29 heavy (non-hydrogen) atoms. The van der Waals surface area contributed by atoms with E-state index in [1.165, 1.54) is 0 Å². The van der Waals surface area contributed by atoms with Gasteiger partial charge in [0, 0.05) is 12.8 Å². The van der Waals surface area contributed by atoms with Gasteiger partial charge in [0.2, 0.25) is 12.8 Å². The molecule has 3 rings (SSSR count). The molecule has 1 atom stereocenters. The third-order valence-electron chi connectivity index (χ3n) is 5.32. The van der Waals surface area contributed by atoms with Crippen LogP contribution in [0.25, 0.3) is 0 Å². The molecule has 1 amide bonds. The summed E-state index contributed by atoms with van der Waals surface area (Å²) in [5.74, 6) is 0.866. The van der Waals surface area contributed by atoms with Crippen LogP contribution in [0.3, 0.4) is 0 Å². The highest BCUT2D eigenvalue weighted by atomic mass is 19.1. The van der Waals surface area contributed by atoms with Crippen molar-refractivity contribution in [1.29, 1.82) is 0 Å². The predicted molar refractivity (Wildman–Crippen MR) is 108 cm³/mol. The van der Waals surface area contributed by atoms with Crippen molar-refractivity contribution in [3.8, 4) is 5.75 Å². The zero-order chi connectivity index (χ0) is 21.0. The molecule has 0 saturated heterocycles. The van der Waals surface area contributed by atoms with E-state index in [0.717, 1.165) is 31.2 Å².